The molecule has 2 aromatic rings. The van der Waals surface area contributed by atoms with Gasteiger partial charge in [-0.1, -0.05) is 49.4 Å². The third-order valence-electron chi connectivity index (χ3n) is 5.61. The number of nitrogens with zero attached hydrogens (tertiary/aromatic N) is 2. The van der Waals surface area contributed by atoms with E-state index in [0.717, 1.165) is 38.0 Å². The zero-order valence-corrected chi connectivity index (χ0v) is 16.4. The molecule has 1 saturated heterocycles. The normalized spacial score (nSPS) is 25.5. The van der Waals surface area contributed by atoms with Crippen LogP contribution >= 0.6 is 0 Å². The molecule has 2 aromatic carbocycles. The van der Waals surface area contributed by atoms with Crippen molar-refractivity contribution in [1.82, 2.24) is 9.21 Å². The molecule has 0 unspecified atom stereocenters. The average molecular weight is 387 g/mol. The van der Waals surface area contributed by atoms with Crippen molar-refractivity contribution in [3.05, 3.63) is 60.2 Å². The molecule has 0 bridgehead atoms. The molecule has 2 atom stereocenters. The first-order chi connectivity index (χ1) is 13.1. The van der Waals surface area contributed by atoms with E-state index in [2.05, 4.69) is 11.8 Å². The lowest BCUT2D eigenvalue weighted by molar-refractivity contribution is 0.110. The third-order valence-corrected chi connectivity index (χ3v) is 7.52. The van der Waals surface area contributed by atoms with Crippen LogP contribution < -0.4 is 4.74 Å². The second-order valence-corrected chi connectivity index (χ2v) is 9.08. The molecule has 0 radical (unpaired) electrons. The Hall–Kier alpha value is -1.89. The van der Waals surface area contributed by atoms with Crippen LogP contribution in [0.15, 0.2) is 59.5 Å². The Morgan fingerprint density at radius 3 is 2.48 bits per heavy atom. The number of ether oxygens (including phenoxy) is 1. The molecule has 27 heavy (non-hydrogen) atoms. The van der Waals surface area contributed by atoms with E-state index in [9.17, 15) is 8.42 Å². The first kappa shape index (κ1) is 18.5. The minimum absolute atomic E-state index is 0.135. The summed E-state index contributed by atoms with van der Waals surface area (Å²) >= 11 is 0. The Balaban J connectivity index is 1.78. The van der Waals surface area contributed by atoms with Gasteiger partial charge in [0.2, 0.25) is 10.0 Å². The van der Waals surface area contributed by atoms with Crippen LogP contribution in [0.3, 0.4) is 0 Å². The monoisotopic (exact) mass is 386 g/mol. The van der Waals surface area contributed by atoms with Crippen molar-refractivity contribution in [2.24, 2.45) is 0 Å². The Labute approximate surface area is 161 Å². The van der Waals surface area contributed by atoms with E-state index in [4.69, 9.17) is 4.74 Å². The molecule has 0 N–H and O–H groups in total. The van der Waals surface area contributed by atoms with Crippen LogP contribution in [0.2, 0.25) is 0 Å². The Kier molecular flexibility index (Phi) is 5.21. The number of hydrogen-bond acceptors (Lipinski definition) is 4. The highest BCUT2D eigenvalue weighted by molar-refractivity contribution is 7.89. The lowest BCUT2D eigenvalue weighted by Gasteiger charge is -2.32. The predicted octanol–water partition coefficient (Wildman–Crippen LogP) is 3.12. The average Bonchev–Trinajstić information content (AvgIpc) is 2.93. The van der Waals surface area contributed by atoms with Gasteiger partial charge >= 0.3 is 0 Å². The maximum Gasteiger partial charge on any atom is 0.247 e. The molecule has 2 heterocycles. The van der Waals surface area contributed by atoms with Crippen LogP contribution in [-0.4, -0.2) is 49.4 Å². The van der Waals surface area contributed by atoms with Crippen LogP contribution in [0.5, 0.6) is 5.75 Å². The van der Waals surface area contributed by atoms with Crippen molar-refractivity contribution in [1.29, 1.82) is 0 Å². The van der Waals surface area contributed by atoms with E-state index in [0.29, 0.717) is 12.3 Å². The molecule has 0 aromatic heterocycles. The van der Waals surface area contributed by atoms with E-state index in [1.54, 1.807) is 22.5 Å². The molecule has 0 amide bonds. The molecular formula is C21H26N2O3S. The second-order valence-electron chi connectivity index (χ2n) is 7.22. The summed E-state index contributed by atoms with van der Waals surface area (Å²) in [6.45, 7) is 5.31. The number of hydrogen-bond donors (Lipinski definition) is 0. The number of benzene rings is 2. The van der Waals surface area contributed by atoms with Gasteiger partial charge in [-0.3, -0.25) is 0 Å². The molecule has 4 rings (SSSR count). The van der Waals surface area contributed by atoms with Gasteiger partial charge in [0.05, 0.1) is 6.04 Å². The van der Waals surface area contributed by atoms with Crippen LogP contribution in [0.25, 0.3) is 0 Å². The van der Waals surface area contributed by atoms with Crippen LogP contribution in [0.4, 0.5) is 0 Å². The Morgan fingerprint density at radius 2 is 1.70 bits per heavy atom. The van der Waals surface area contributed by atoms with Gasteiger partial charge in [0.1, 0.15) is 16.7 Å². The summed E-state index contributed by atoms with van der Waals surface area (Å²) in [6, 6.07) is 16.7. The SMILES string of the molecule is CCN1CC[C@@H]2Oc3ccccc3S(=O)(=O)N(Cc3ccccc3)[C@H]2CC1. The molecule has 0 spiro atoms. The van der Waals surface area contributed by atoms with Gasteiger partial charge in [-0.2, -0.15) is 4.31 Å². The van der Waals surface area contributed by atoms with E-state index in [1.165, 1.54) is 0 Å². The second kappa shape index (κ2) is 7.62. The topological polar surface area (TPSA) is 49.9 Å². The molecule has 0 saturated carbocycles. The largest absolute Gasteiger partial charge is 0.487 e. The molecule has 6 heteroatoms. The lowest BCUT2D eigenvalue weighted by Crippen LogP contribution is -2.46. The molecule has 2 aliphatic heterocycles. The summed E-state index contributed by atoms with van der Waals surface area (Å²) in [4.78, 5) is 2.65. The molecular weight excluding hydrogens is 360 g/mol. The zero-order chi connectivity index (χ0) is 18.9. The van der Waals surface area contributed by atoms with Crippen LogP contribution in [-0.2, 0) is 16.6 Å². The standard InChI is InChI=1S/C21H26N2O3S/c1-2-22-14-12-18-19(13-15-22)26-20-10-6-7-11-21(20)27(24,25)23(18)16-17-8-4-3-5-9-17/h3-11,18-19H,2,12-16H2,1H3/t18-,19-/m0/s1. The number of rotatable bonds is 3. The molecule has 0 aliphatic carbocycles. The van der Waals surface area contributed by atoms with E-state index in [1.807, 2.05) is 36.4 Å². The predicted molar refractivity (Wildman–Crippen MR) is 105 cm³/mol. The van der Waals surface area contributed by atoms with Crippen molar-refractivity contribution in [2.75, 3.05) is 19.6 Å². The van der Waals surface area contributed by atoms with Gasteiger partial charge in [0, 0.05) is 13.1 Å². The fourth-order valence-corrected chi connectivity index (χ4v) is 5.88. The van der Waals surface area contributed by atoms with Crippen molar-refractivity contribution < 1.29 is 13.2 Å². The maximum atomic E-state index is 13.6. The number of para-hydroxylation sites is 1. The zero-order valence-electron chi connectivity index (χ0n) is 15.6. The lowest BCUT2D eigenvalue weighted by atomic mass is 10.1. The highest BCUT2D eigenvalue weighted by Crippen LogP contribution is 2.37. The minimum atomic E-state index is -3.64. The molecule has 144 valence electrons. The van der Waals surface area contributed by atoms with Gasteiger partial charge in [0.15, 0.2) is 0 Å². The smallest absolute Gasteiger partial charge is 0.247 e. The van der Waals surface area contributed by atoms with Crippen molar-refractivity contribution in [2.45, 2.75) is 43.4 Å². The number of sulfonamides is 1. The highest BCUT2D eigenvalue weighted by Gasteiger charge is 2.43. The van der Waals surface area contributed by atoms with Crippen LogP contribution in [0, 0.1) is 0 Å². The van der Waals surface area contributed by atoms with Gasteiger partial charge < -0.3 is 9.64 Å². The Morgan fingerprint density at radius 1 is 1.00 bits per heavy atom. The van der Waals surface area contributed by atoms with Gasteiger partial charge in [-0.05, 0) is 43.6 Å². The number of fused-ring (bicyclic) bond motifs is 2. The summed E-state index contributed by atoms with van der Waals surface area (Å²) in [5.41, 5.74) is 0.996. The van der Waals surface area contributed by atoms with Crippen LogP contribution in [0.1, 0.15) is 25.3 Å². The maximum absolute atomic E-state index is 13.6. The highest BCUT2D eigenvalue weighted by atomic mass is 32.2. The summed E-state index contributed by atoms with van der Waals surface area (Å²) in [7, 11) is -3.64. The first-order valence-electron chi connectivity index (χ1n) is 9.63. The molecule has 1 fully saturated rings. The summed E-state index contributed by atoms with van der Waals surface area (Å²) in [6.07, 6.45) is 1.47. The third kappa shape index (κ3) is 3.61. The summed E-state index contributed by atoms with van der Waals surface area (Å²) in [5, 5.41) is 0. The number of likely N-dealkylation sites (tertiary alicyclic amines) is 1. The fraction of sp³-hybridized carbons (Fsp3) is 0.429. The minimum Gasteiger partial charge on any atom is -0.487 e. The first-order valence-corrected chi connectivity index (χ1v) is 11.1. The van der Waals surface area contributed by atoms with Crippen molar-refractivity contribution in [3.8, 4) is 5.75 Å². The fourth-order valence-electron chi connectivity index (χ4n) is 4.09. The Bertz CT molecular complexity index is 885. The van der Waals surface area contributed by atoms with Gasteiger partial charge in [0.25, 0.3) is 0 Å². The summed E-state index contributed by atoms with van der Waals surface area (Å²) < 4.78 is 35.1. The van der Waals surface area contributed by atoms with E-state index < -0.39 is 10.0 Å². The summed E-state index contributed by atoms with van der Waals surface area (Å²) in [5.74, 6) is 0.480. The van der Waals surface area contributed by atoms with Crippen molar-refractivity contribution >= 4 is 10.0 Å². The molecule has 5 nitrogen and oxygen atoms in total. The molecule has 2 aliphatic rings. The van der Waals surface area contributed by atoms with E-state index in [-0.39, 0.29) is 17.0 Å². The van der Waals surface area contributed by atoms with Gasteiger partial charge in [-0.15, -0.1) is 0 Å². The van der Waals surface area contributed by atoms with Crippen molar-refractivity contribution in [3.63, 3.8) is 0 Å². The quantitative estimate of drug-likeness (QED) is 0.813. The van der Waals surface area contributed by atoms with E-state index >= 15 is 0 Å². The van der Waals surface area contributed by atoms with Gasteiger partial charge in [-0.25, -0.2) is 8.42 Å².